The Balaban J connectivity index is 1.59. The highest BCUT2D eigenvalue weighted by molar-refractivity contribution is 8.14. The predicted octanol–water partition coefficient (Wildman–Crippen LogP) is 1.57. The van der Waals surface area contributed by atoms with Crippen LogP contribution >= 0.6 is 11.8 Å². The van der Waals surface area contributed by atoms with Crippen molar-refractivity contribution in [2.24, 2.45) is 4.99 Å². The second-order valence-electron chi connectivity index (χ2n) is 5.04. The zero-order valence-electron chi connectivity index (χ0n) is 11.5. The molecular weight excluding hydrogens is 270 g/mol. The zero-order chi connectivity index (χ0) is 13.9. The Morgan fingerprint density at radius 3 is 2.55 bits per heavy atom. The van der Waals surface area contributed by atoms with Gasteiger partial charge in [0.1, 0.15) is 11.9 Å². The van der Waals surface area contributed by atoms with Crippen LogP contribution in [0.3, 0.4) is 0 Å². The fourth-order valence-corrected chi connectivity index (χ4v) is 3.39. The maximum atomic E-state index is 8.79. The van der Waals surface area contributed by atoms with Gasteiger partial charge >= 0.3 is 0 Å². The number of anilines is 1. The van der Waals surface area contributed by atoms with Crippen LogP contribution in [-0.4, -0.2) is 53.0 Å². The number of nitrogens with zero attached hydrogens (tertiary/aromatic N) is 5. The molecule has 1 saturated heterocycles. The lowest BCUT2D eigenvalue weighted by molar-refractivity contribution is 0.391. The molecule has 0 spiro atoms. The number of thioether (sulfide) groups is 1. The maximum Gasteiger partial charge on any atom is 0.159 e. The van der Waals surface area contributed by atoms with E-state index in [1.807, 2.05) is 23.9 Å². The lowest BCUT2D eigenvalue weighted by atomic mass is 10.3. The number of amidine groups is 1. The van der Waals surface area contributed by atoms with Gasteiger partial charge in [0.05, 0.1) is 12.1 Å². The lowest BCUT2D eigenvalue weighted by Crippen LogP contribution is -2.48. The molecule has 2 aliphatic heterocycles. The molecular formula is C14H17N5S. The van der Waals surface area contributed by atoms with E-state index in [2.05, 4.69) is 32.8 Å². The molecule has 1 fully saturated rings. The minimum absolute atomic E-state index is 0.609. The monoisotopic (exact) mass is 287 g/mol. The van der Waals surface area contributed by atoms with Gasteiger partial charge in [-0.15, -0.1) is 0 Å². The van der Waals surface area contributed by atoms with Crippen molar-refractivity contribution in [2.75, 3.05) is 37.6 Å². The van der Waals surface area contributed by atoms with Gasteiger partial charge in [0.15, 0.2) is 5.17 Å². The summed E-state index contributed by atoms with van der Waals surface area (Å²) in [4.78, 5) is 13.6. The molecule has 1 aromatic rings. The Bertz CT molecular complexity index is 540. The van der Waals surface area contributed by atoms with E-state index in [1.54, 1.807) is 6.20 Å². The number of nitriles is 1. The first kappa shape index (κ1) is 13.3. The average molecular weight is 287 g/mol. The summed E-state index contributed by atoms with van der Waals surface area (Å²) in [6, 6.07) is 5.85. The van der Waals surface area contributed by atoms with Crippen LogP contribution < -0.4 is 4.90 Å². The highest BCUT2D eigenvalue weighted by Crippen LogP contribution is 2.24. The molecule has 2 aliphatic rings. The molecule has 0 aliphatic carbocycles. The molecule has 1 atom stereocenters. The molecule has 6 heteroatoms. The fraction of sp³-hybridized carbons (Fsp3) is 0.500. The van der Waals surface area contributed by atoms with E-state index >= 15 is 0 Å². The normalized spacial score (nSPS) is 22.6. The number of hydrogen-bond acceptors (Lipinski definition) is 6. The number of piperazine rings is 1. The third-order valence-corrected chi connectivity index (χ3v) is 4.69. The van der Waals surface area contributed by atoms with Crippen molar-refractivity contribution in [3.63, 3.8) is 0 Å². The van der Waals surface area contributed by atoms with E-state index in [0.29, 0.717) is 10.8 Å². The smallest absolute Gasteiger partial charge is 0.159 e. The van der Waals surface area contributed by atoms with Gasteiger partial charge in [0, 0.05) is 37.6 Å². The van der Waals surface area contributed by atoms with E-state index in [1.165, 1.54) is 5.17 Å². The van der Waals surface area contributed by atoms with Gasteiger partial charge in [0.2, 0.25) is 0 Å². The molecule has 20 heavy (non-hydrogen) atoms. The Hall–Kier alpha value is -1.74. The molecule has 0 amide bonds. The molecule has 0 N–H and O–H groups in total. The maximum absolute atomic E-state index is 8.79. The van der Waals surface area contributed by atoms with Crippen molar-refractivity contribution < 1.29 is 0 Å². The summed E-state index contributed by atoms with van der Waals surface area (Å²) in [5.41, 5.74) is 0.609. The molecule has 0 aromatic carbocycles. The van der Waals surface area contributed by atoms with Crippen LogP contribution in [0.1, 0.15) is 12.5 Å². The minimum atomic E-state index is 0.609. The topological polar surface area (TPSA) is 55.5 Å². The van der Waals surface area contributed by atoms with Gasteiger partial charge in [-0.05, 0) is 12.1 Å². The number of aliphatic imine (C=N–C) groups is 1. The molecule has 0 radical (unpaired) electrons. The largest absolute Gasteiger partial charge is 0.353 e. The van der Waals surface area contributed by atoms with Crippen molar-refractivity contribution in [1.82, 2.24) is 9.88 Å². The van der Waals surface area contributed by atoms with Crippen LogP contribution in [0.5, 0.6) is 0 Å². The highest BCUT2D eigenvalue weighted by Gasteiger charge is 2.25. The Morgan fingerprint density at radius 2 is 2.00 bits per heavy atom. The molecule has 0 saturated carbocycles. The van der Waals surface area contributed by atoms with Crippen LogP contribution in [0.2, 0.25) is 0 Å². The molecule has 0 bridgehead atoms. The van der Waals surface area contributed by atoms with E-state index in [9.17, 15) is 0 Å². The highest BCUT2D eigenvalue weighted by atomic mass is 32.2. The van der Waals surface area contributed by atoms with Gasteiger partial charge in [-0.1, -0.05) is 18.7 Å². The first-order valence-corrected chi connectivity index (χ1v) is 7.71. The van der Waals surface area contributed by atoms with Crippen LogP contribution in [0.15, 0.2) is 23.3 Å². The number of pyridine rings is 1. The van der Waals surface area contributed by atoms with Crippen molar-refractivity contribution in [3.8, 4) is 6.07 Å². The van der Waals surface area contributed by atoms with Gasteiger partial charge in [-0.25, -0.2) is 4.98 Å². The van der Waals surface area contributed by atoms with Gasteiger partial charge in [-0.3, -0.25) is 4.99 Å². The number of aromatic nitrogens is 1. The second kappa shape index (κ2) is 5.71. The first-order valence-electron chi connectivity index (χ1n) is 6.83. The summed E-state index contributed by atoms with van der Waals surface area (Å²) in [7, 11) is 0. The predicted molar refractivity (Wildman–Crippen MR) is 82.1 cm³/mol. The molecule has 104 valence electrons. The van der Waals surface area contributed by atoms with E-state index in [0.717, 1.165) is 38.5 Å². The Labute approximate surface area is 123 Å². The quantitative estimate of drug-likeness (QED) is 0.784. The summed E-state index contributed by atoms with van der Waals surface area (Å²) in [6.45, 7) is 7.04. The zero-order valence-corrected chi connectivity index (χ0v) is 12.3. The summed E-state index contributed by atoms with van der Waals surface area (Å²) in [5.74, 6) is 0.957. The summed E-state index contributed by atoms with van der Waals surface area (Å²) in [5, 5.41) is 10.6. The molecule has 1 aromatic heterocycles. The minimum Gasteiger partial charge on any atom is -0.353 e. The Morgan fingerprint density at radius 1 is 1.25 bits per heavy atom. The third kappa shape index (κ3) is 2.73. The van der Waals surface area contributed by atoms with Crippen molar-refractivity contribution >= 4 is 22.7 Å². The van der Waals surface area contributed by atoms with Crippen molar-refractivity contribution in [3.05, 3.63) is 23.9 Å². The number of hydrogen-bond donors (Lipinski definition) is 0. The van der Waals surface area contributed by atoms with Crippen LogP contribution in [0, 0.1) is 11.3 Å². The van der Waals surface area contributed by atoms with Gasteiger partial charge in [0.25, 0.3) is 0 Å². The van der Waals surface area contributed by atoms with Crippen molar-refractivity contribution in [1.29, 1.82) is 5.26 Å². The molecule has 3 heterocycles. The van der Waals surface area contributed by atoms with Crippen LogP contribution in [0.25, 0.3) is 0 Å². The van der Waals surface area contributed by atoms with Gasteiger partial charge < -0.3 is 9.80 Å². The molecule has 5 nitrogen and oxygen atoms in total. The first-order chi connectivity index (χ1) is 9.76. The van der Waals surface area contributed by atoms with Crippen LogP contribution in [0.4, 0.5) is 5.82 Å². The van der Waals surface area contributed by atoms with Gasteiger partial charge in [-0.2, -0.15) is 5.26 Å². The third-order valence-electron chi connectivity index (χ3n) is 3.54. The molecule has 1 unspecified atom stereocenters. The van der Waals surface area contributed by atoms with E-state index in [-0.39, 0.29) is 0 Å². The van der Waals surface area contributed by atoms with Crippen LogP contribution in [-0.2, 0) is 0 Å². The summed E-state index contributed by atoms with van der Waals surface area (Å²) >= 11 is 1.88. The SMILES string of the molecule is CC1CN=C(N2CCN(c3ccc(C#N)cn3)CC2)S1. The lowest BCUT2D eigenvalue weighted by Gasteiger charge is -2.36. The van der Waals surface area contributed by atoms with E-state index in [4.69, 9.17) is 5.26 Å². The summed E-state index contributed by atoms with van der Waals surface area (Å²) < 4.78 is 0. The number of rotatable bonds is 1. The Kier molecular flexibility index (Phi) is 3.79. The fourth-order valence-electron chi connectivity index (χ4n) is 2.40. The average Bonchev–Trinajstić information content (AvgIpc) is 2.94. The second-order valence-corrected chi connectivity index (χ2v) is 6.45. The standard InChI is InChI=1S/C14H17N5S/c1-11-9-17-14(20-11)19-6-4-18(5-7-19)13-3-2-12(8-15)10-16-13/h2-3,10-11H,4-7,9H2,1H3. The summed E-state index contributed by atoms with van der Waals surface area (Å²) in [6.07, 6.45) is 1.64. The van der Waals surface area contributed by atoms with E-state index < -0.39 is 0 Å². The van der Waals surface area contributed by atoms with Crippen molar-refractivity contribution in [2.45, 2.75) is 12.2 Å². The molecule has 3 rings (SSSR count).